The molecule has 0 unspecified atom stereocenters. The second kappa shape index (κ2) is 13.2. The van der Waals surface area contributed by atoms with Crippen LogP contribution in [0.25, 0.3) is 32.7 Å². The zero-order chi connectivity index (χ0) is 36.7. The van der Waals surface area contributed by atoms with E-state index in [0.717, 1.165) is 33.7 Å². The van der Waals surface area contributed by atoms with Crippen molar-refractivity contribution in [3.05, 3.63) is 167 Å². The molecule has 0 saturated heterocycles. The third kappa shape index (κ3) is 5.97. The van der Waals surface area contributed by atoms with E-state index in [4.69, 9.17) is 23.2 Å². The van der Waals surface area contributed by atoms with Crippen molar-refractivity contribution < 1.29 is 21.3 Å². The molecule has 0 bridgehead atoms. The van der Waals surface area contributed by atoms with Crippen LogP contribution in [0, 0.1) is 13.8 Å². The maximum absolute atomic E-state index is 6.97. The molecule has 0 atom stereocenters. The van der Waals surface area contributed by atoms with E-state index in [0.29, 0.717) is 0 Å². The summed E-state index contributed by atoms with van der Waals surface area (Å²) in [6.07, 6.45) is 9.08. The SMILES string of the molecule is Cc1cc2c(cc1C(C)(C)C)-c1cc(C(C)(C)C)c(C)[c]([Zr]([C]3=CC=CC3)=[C](c3cccc4c(Cl)cccc34)c3cccc4c(Cl)cccc34)c1C2. The normalized spacial score (nSPS) is 13.8. The van der Waals surface area contributed by atoms with Crippen LogP contribution in [0.4, 0.5) is 0 Å². The second-order valence-corrected chi connectivity index (χ2v) is 23.5. The topological polar surface area (TPSA) is 0 Å². The molecule has 0 nitrogen and oxygen atoms in total. The molecule has 0 N–H and O–H groups in total. The first-order valence-corrected chi connectivity index (χ1v) is 23.0. The Labute approximate surface area is 327 Å². The third-order valence-electron chi connectivity index (χ3n) is 11.3. The van der Waals surface area contributed by atoms with Crippen molar-refractivity contribution in [3.8, 4) is 11.1 Å². The van der Waals surface area contributed by atoms with Crippen molar-refractivity contribution in [2.24, 2.45) is 0 Å². The molecule has 0 aliphatic heterocycles. The van der Waals surface area contributed by atoms with Crippen molar-refractivity contribution >= 4 is 51.2 Å². The molecule has 6 aromatic carbocycles. The average molecular weight is 797 g/mol. The first-order valence-electron chi connectivity index (χ1n) is 18.5. The summed E-state index contributed by atoms with van der Waals surface area (Å²) in [4.78, 5) is 0. The van der Waals surface area contributed by atoms with Crippen molar-refractivity contribution in [3.63, 3.8) is 0 Å². The minimum absolute atomic E-state index is 0.0230. The van der Waals surface area contributed by atoms with Gasteiger partial charge in [0.15, 0.2) is 0 Å². The number of aryl methyl sites for hydroxylation is 1. The predicted molar refractivity (Wildman–Crippen MR) is 224 cm³/mol. The second-order valence-electron chi connectivity index (χ2n) is 16.8. The van der Waals surface area contributed by atoms with Gasteiger partial charge >= 0.3 is 330 Å². The number of fused-ring (bicyclic) bond motifs is 5. The van der Waals surface area contributed by atoms with E-state index in [1.54, 1.807) is 12.1 Å². The molecule has 260 valence electrons. The zero-order valence-corrected chi connectivity index (χ0v) is 35.5. The molecule has 6 aromatic rings. The van der Waals surface area contributed by atoms with Crippen LogP contribution in [0.15, 0.2) is 113 Å². The Hall–Kier alpha value is -3.35. The number of hydrogen-bond donors (Lipinski definition) is 0. The molecule has 2 aliphatic carbocycles. The Morgan fingerprint density at radius 3 is 1.71 bits per heavy atom. The quantitative estimate of drug-likeness (QED) is 0.166. The summed E-state index contributed by atoms with van der Waals surface area (Å²) in [5, 5.41) is 6.20. The van der Waals surface area contributed by atoms with Crippen LogP contribution < -0.4 is 3.27 Å². The molecule has 8 rings (SSSR count). The molecular weight excluding hydrogens is 751 g/mol. The molecular formula is C49H46Cl2Zr. The molecule has 52 heavy (non-hydrogen) atoms. The first kappa shape index (κ1) is 35.7. The van der Waals surface area contributed by atoms with Gasteiger partial charge in [-0.05, 0) is 0 Å². The van der Waals surface area contributed by atoms with E-state index in [1.165, 1.54) is 64.0 Å². The fourth-order valence-corrected chi connectivity index (χ4v) is 18.1. The van der Waals surface area contributed by atoms with E-state index >= 15 is 0 Å². The van der Waals surface area contributed by atoms with E-state index in [2.05, 4.69) is 152 Å². The molecule has 0 saturated carbocycles. The summed E-state index contributed by atoms with van der Waals surface area (Å²) in [6, 6.07) is 33.9. The van der Waals surface area contributed by atoms with Gasteiger partial charge in [-0.2, -0.15) is 0 Å². The number of benzene rings is 6. The molecule has 0 aromatic heterocycles. The van der Waals surface area contributed by atoms with Crippen LogP contribution in [-0.4, -0.2) is 3.21 Å². The van der Waals surface area contributed by atoms with Crippen molar-refractivity contribution in [1.82, 2.24) is 0 Å². The van der Waals surface area contributed by atoms with Crippen LogP contribution in [-0.2, 0) is 38.5 Å². The zero-order valence-electron chi connectivity index (χ0n) is 31.6. The first-order chi connectivity index (χ1) is 24.7. The van der Waals surface area contributed by atoms with Gasteiger partial charge in [-0.15, -0.1) is 0 Å². The van der Waals surface area contributed by atoms with Gasteiger partial charge in [0.25, 0.3) is 0 Å². The van der Waals surface area contributed by atoms with E-state index in [-0.39, 0.29) is 10.8 Å². The Morgan fingerprint density at radius 2 is 1.17 bits per heavy atom. The number of hydrogen-bond acceptors (Lipinski definition) is 0. The molecule has 2 aliphatic rings. The van der Waals surface area contributed by atoms with Gasteiger partial charge in [0.05, 0.1) is 0 Å². The summed E-state index contributed by atoms with van der Waals surface area (Å²) >= 11 is 10.8. The monoisotopic (exact) mass is 794 g/mol. The molecule has 0 heterocycles. The molecule has 0 fully saturated rings. The summed E-state index contributed by atoms with van der Waals surface area (Å²) < 4.78 is 4.74. The Bertz CT molecular complexity index is 2480. The van der Waals surface area contributed by atoms with Gasteiger partial charge in [0.1, 0.15) is 0 Å². The van der Waals surface area contributed by atoms with Gasteiger partial charge in [-0.3, -0.25) is 0 Å². The molecule has 0 amide bonds. The molecule has 3 heteroatoms. The fourth-order valence-electron chi connectivity index (χ4n) is 9.01. The number of halogens is 2. The van der Waals surface area contributed by atoms with Gasteiger partial charge in [-0.25, -0.2) is 0 Å². The Kier molecular flexibility index (Phi) is 9.05. The summed E-state index contributed by atoms with van der Waals surface area (Å²) in [5.74, 6) is 0. The van der Waals surface area contributed by atoms with Crippen molar-refractivity contribution in [1.29, 1.82) is 0 Å². The Balaban J connectivity index is 1.59. The van der Waals surface area contributed by atoms with Gasteiger partial charge < -0.3 is 0 Å². The standard InChI is InChI=1S/C23H29.C21H12Cl2.C5H5.Zr/c1-14-9-16-11-17-10-15(2)21(23(6,7)8)13-19(17)18(16)12-20(14)22(3,4)5;22-20-11-3-7-16-14(5-1-9-18(16)20)13-15-6-2-10-19-17(15)8-4-12-21(19)23;1-2-4-5-3-1;/h9,12-13H,11H2,1-8H3;1-12H;1-3H,4H2;. The number of rotatable bonds is 4. The minimum atomic E-state index is -3.11. The van der Waals surface area contributed by atoms with Crippen molar-refractivity contribution in [2.75, 3.05) is 0 Å². The maximum atomic E-state index is 6.97. The summed E-state index contributed by atoms with van der Waals surface area (Å²) in [5.41, 5.74) is 14.3. The van der Waals surface area contributed by atoms with Gasteiger partial charge in [-0.1, -0.05) is 0 Å². The van der Waals surface area contributed by atoms with Crippen LogP contribution >= 0.6 is 23.2 Å². The van der Waals surface area contributed by atoms with E-state index in [1.807, 2.05) is 12.1 Å². The molecule has 0 radical (unpaired) electrons. The van der Waals surface area contributed by atoms with Crippen LogP contribution in [0.1, 0.15) is 92.5 Å². The third-order valence-corrected chi connectivity index (χ3v) is 19.9. The van der Waals surface area contributed by atoms with E-state index < -0.39 is 21.3 Å². The summed E-state index contributed by atoms with van der Waals surface area (Å²) in [6.45, 7) is 18.9. The predicted octanol–water partition coefficient (Wildman–Crippen LogP) is 13.4. The molecule has 0 spiro atoms. The van der Waals surface area contributed by atoms with Gasteiger partial charge in [0.2, 0.25) is 0 Å². The van der Waals surface area contributed by atoms with Crippen LogP contribution in [0.5, 0.6) is 0 Å². The van der Waals surface area contributed by atoms with Crippen LogP contribution in [0.3, 0.4) is 0 Å². The van der Waals surface area contributed by atoms with Crippen molar-refractivity contribution in [2.45, 2.75) is 79.1 Å². The van der Waals surface area contributed by atoms with Gasteiger partial charge in [0, 0.05) is 0 Å². The number of allylic oxidation sites excluding steroid dienone is 4. The van der Waals surface area contributed by atoms with Crippen LogP contribution in [0.2, 0.25) is 10.0 Å². The Morgan fingerprint density at radius 1 is 0.635 bits per heavy atom. The average Bonchev–Trinajstić information content (AvgIpc) is 3.74. The van der Waals surface area contributed by atoms with E-state index in [9.17, 15) is 0 Å². The summed E-state index contributed by atoms with van der Waals surface area (Å²) in [7, 11) is 0. The fraction of sp³-hybridized carbons (Fsp3) is 0.245.